The number of hydrogen-bond acceptors (Lipinski definition) is 5. The average molecular weight is 412 g/mol. The van der Waals surface area contributed by atoms with Gasteiger partial charge in [-0.1, -0.05) is 23.7 Å². The van der Waals surface area contributed by atoms with E-state index in [2.05, 4.69) is 20.9 Å². The molecule has 0 N–H and O–H groups in total. The number of nitrogens with zero attached hydrogens (tertiary/aromatic N) is 5. The summed E-state index contributed by atoms with van der Waals surface area (Å²) in [6.45, 7) is 4.69. The lowest BCUT2D eigenvalue weighted by Gasteiger charge is -2.38. The summed E-state index contributed by atoms with van der Waals surface area (Å²) in [7, 11) is 3.96. The van der Waals surface area contributed by atoms with Crippen molar-refractivity contribution in [2.75, 3.05) is 63.2 Å². The van der Waals surface area contributed by atoms with Crippen LogP contribution >= 0.6 is 11.6 Å². The molecule has 7 heteroatoms. The lowest BCUT2D eigenvalue weighted by atomic mass is 10.1. The maximum Gasteiger partial charge on any atom is 0.260 e. The number of carbonyl (C=O) groups excluding carboxylic acids is 1. The van der Waals surface area contributed by atoms with Crippen LogP contribution in [0.15, 0.2) is 53.5 Å². The van der Waals surface area contributed by atoms with Gasteiger partial charge in [-0.25, -0.2) is 0 Å². The Labute approximate surface area is 177 Å². The molecule has 6 nitrogen and oxygen atoms in total. The molecule has 2 heterocycles. The van der Waals surface area contributed by atoms with Gasteiger partial charge in [-0.15, -0.1) is 0 Å². The molecule has 2 aromatic rings. The Balaban J connectivity index is 1.44. The topological polar surface area (TPSA) is 42.4 Å². The van der Waals surface area contributed by atoms with Crippen LogP contribution in [0.4, 0.5) is 11.4 Å². The maximum atomic E-state index is 13.2. The van der Waals surface area contributed by atoms with E-state index in [4.69, 9.17) is 11.6 Å². The molecule has 0 aromatic heterocycles. The Morgan fingerprint density at radius 3 is 2.41 bits per heavy atom. The smallest absolute Gasteiger partial charge is 0.260 e. The lowest BCUT2D eigenvalue weighted by Crippen LogP contribution is -2.53. The molecule has 1 amide bonds. The predicted molar refractivity (Wildman–Crippen MR) is 119 cm³/mol. The second-order valence-electron chi connectivity index (χ2n) is 7.54. The molecular weight excluding hydrogens is 386 g/mol. The molecule has 4 rings (SSSR count). The van der Waals surface area contributed by atoms with Crippen LogP contribution < -0.4 is 9.80 Å². The Morgan fingerprint density at radius 1 is 0.966 bits per heavy atom. The van der Waals surface area contributed by atoms with Gasteiger partial charge >= 0.3 is 0 Å². The van der Waals surface area contributed by atoms with Crippen molar-refractivity contribution in [3.63, 3.8) is 0 Å². The molecule has 2 aliphatic heterocycles. The number of carbonyl (C=O) groups is 1. The molecule has 29 heavy (non-hydrogen) atoms. The quantitative estimate of drug-likeness (QED) is 0.778. The van der Waals surface area contributed by atoms with E-state index in [-0.39, 0.29) is 5.91 Å². The number of aliphatic imine (C=N–C) groups is 1. The zero-order valence-electron chi connectivity index (χ0n) is 16.9. The number of benzene rings is 2. The van der Waals surface area contributed by atoms with Crippen molar-refractivity contribution in [1.82, 2.24) is 9.80 Å². The van der Waals surface area contributed by atoms with Crippen LogP contribution in [0.25, 0.3) is 0 Å². The molecule has 1 fully saturated rings. The molecule has 0 spiro atoms. The highest BCUT2D eigenvalue weighted by Gasteiger charge is 2.31. The van der Waals surface area contributed by atoms with E-state index in [1.807, 2.05) is 66.4 Å². The van der Waals surface area contributed by atoms with Crippen LogP contribution in [-0.2, 0) is 0 Å². The van der Waals surface area contributed by atoms with Crippen LogP contribution in [0.5, 0.6) is 0 Å². The van der Waals surface area contributed by atoms with Crippen molar-refractivity contribution in [2.45, 2.75) is 0 Å². The molecule has 152 valence electrons. The third-order valence-corrected chi connectivity index (χ3v) is 5.64. The van der Waals surface area contributed by atoms with Gasteiger partial charge in [-0.3, -0.25) is 14.7 Å². The van der Waals surface area contributed by atoms with Crippen molar-refractivity contribution in [3.05, 3.63) is 59.1 Å². The van der Waals surface area contributed by atoms with E-state index in [9.17, 15) is 4.79 Å². The van der Waals surface area contributed by atoms with Gasteiger partial charge in [0.2, 0.25) is 5.96 Å². The molecule has 0 aliphatic carbocycles. The zero-order chi connectivity index (χ0) is 20.4. The fraction of sp³-hybridized carbons (Fsp3) is 0.364. The number of guanidine groups is 1. The molecule has 0 saturated carbocycles. The summed E-state index contributed by atoms with van der Waals surface area (Å²) in [6.07, 6.45) is 0. The van der Waals surface area contributed by atoms with Gasteiger partial charge in [-0.2, -0.15) is 0 Å². The van der Waals surface area contributed by atoms with Gasteiger partial charge in [0.15, 0.2) is 0 Å². The first kappa shape index (κ1) is 19.6. The third-order valence-electron chi connectivity index (χ3n) is 5.41. The first-order valence-corrected chi connectivity index (χ1v) is 10.3. The predicted octanol–water partition coefficient (Wildman–Crippen LogP) is 3.04. The summed E-state index contributed by atoms with van der Waals surface area (Å²) in [5.74, 6) is 0.818. The van der Waals surface area contributed by atoms with Gasteiger partial charge in [0, 0.05) is 68.8 Å². The molecule has 0 unspecified atom stereocenters. The lowest BCUT2D eigenvalue weighted by molar-refractivity contribution is 0.0843. The van der Waals surface area contributed by atoms with Crippen molar-refractivity contribution < 1.29 is 4.79 Å². The van der Waals surface area contributed by atoms with E-state index < -0.39 is 0 Å². The molecule has 2 aliphatic rings. The van der Waals surface area contributed by atoms with E-state index in [0.717, 1.165) is 48.5 Å². The Bertz CT molecular complexity index is 921. The first-order valence-electron chi connectivity index (χ1n) is 9.92. The van der Waals surface area contributed by atoms with Crippen molar-refractivity contribution >= 4 is 34.8 Å². The number of piperazine rings is 1. The Hall–Kier alpha value is -2.73. The second-order valence-corrected chi connectivity index (χ2v) is 7.97. The van der Waals surface area contributed by atoms with E-state index >= 15 is 0 Å². The summed E-state index contributed by atoms with van der Waals surface area (Å²) in [6, 6.07) is 15.7. The van der Waals surface area contributed by atoms with Gasteiger partial charge in [0.25, 0.3) is 5.91 Å². The number of rotatable bonds is 3. The highest BCUT2D eigenvalue weighted by Crippen LogP contribution is 2.22. The fourth-order valence-corrected chi connectivity index (χ4v) is 3.99. The standard InChI is InChI=1S/C22H26ClN5O/c1-25(2)19-7-3-5-17(15-19)21(29)28-10-9-24-22(28)27-13-11-26(12-14-27)20-8-4-6-18(23)16-20/h3-8,15-16H,9-14H2,1-2H3. The van der Waals surface area contributed by atoms with Gasteiger partial charge in [-0.05, 0) is 36.4 Å². The summed E-state index contributed by atoms with van der Waals surface area (Å²) in [5.41, 5.74) is 2.85. The molecule has 1 saturated heterocycles. The highest BCUT2D eigenvalue weighted by atomic mass is 35.5. The third kappa shape index (κ3) is 4.17. The largest absolute Gasteiger partial charge is 0.378 e. The summed E-state index contributed by atoms with van der Waals surface area (Å²) in [5, 5.41) is 0.752. The van der Waals surface area contributed by atoms with E-state index in [1.54, 1.807) is 0 Å². The van der Waals surface area contributed by atoms with E-state index in [0.29, 0.717) is 18.7 Å². The minimum absolute atomic E-state index is 0.0159. The van der Waals surface area contributed by atoms with Gasteiger partial charge < -0.3 is 14.7 Å². The maximum absolute atomic E-state index is 13.2. The number of anilines is 2. The summed E-state index contributed by atoms with van der Waals surface area (Å²) >= 11 is 6.14. The molecule has 0 atom stereocenters. The van der Waals surface area contributed by atoms with Gasteiger partial charge in [0.05, 0.1) is 6.54 Å². The van der Waals surface area contributed by atoms with Crippen LogP contribution in [0.3, 0.4) is 0 Å². The number of hydrogen-bond donors (Lipinski definition) is 0. The fourth-order valence-electron chi connectivity index (χ4n) is 3.81. The van der Waals surface area contributed by atoms with Crippen molar-refractivity contribution in [2.24, 2.45) is 4.99 Å². The first-order chi connectivity index (χ1) is 14.0. The highest BCUT2D eigenvalue weighted by molar-refractivity contribution is 6.30. The van der Waals surface area contributed by atoms with Crippen LogP contribution in [0.2, 0.25) is 5.02 Å². The Kier molecular flexibility index (Phi) is 5.62. The summed E-state index contributed by atoms with van der Waals surface area (Å²) in [4.78, 5) is 26.2. The number of halogens is 1. The normalized spacial score (nSPS) is 16.8. The minimum Gasteiger partial charge on any atom is -0.378 e. The molecule has 0 radical (unpaired) electrons. The van der Waals surface area contributed by atoms with Crippen molar-refractivity contribution in [1.29, 1.82) is 0 Å². The van der Waals surface area contributed by atoms with E-state index in [1.165, 1.54) is 0 Å². The monoisotopic (exact) mass is 411 g/mol. The SMILES string of the molecule is CN(C)c1cccc(C(=O)N2CCN=C2N2CCN(c3cccc(Cl)c3)CC2)c1. The number of amides is 1. The van der Waals surface area contributed by atoms with Crippen molar-refractivity contribution in [3.8, 4) is 0 Å². The minimum atomic E-state index is 0.0159. The van der Waals surface area contributed by atoms with Crippen LogP contribution in [-0.4, -0.2) is 75.0 Å². The second kappa shape index (κ2) is 8.33. The van der Waals surface area contributed by atoms with Crippen LogP contribution in [0.1, 0.15) is 10.4 Å². The summed E-state index contributed by atoms with van der Waals surface area (Å²) < 4.78 is 0. The Morgan fingerprint density at radius 2 is 1.69 bits per heavy atom. The molecule has 2 aromatic carbocycles. The van der Waals surface area contributed by atoms with Gasteiger partial charge in [0.1, 0.15) is 0 Å². The van der Waals surface area contributed by atoms with Crippen LogP contribution in [0, 0.1) is 0 Å². The molecule has 0 bridgehead atoms. The molecular formula is C22H26ClN5O. The zero-order valence-corrected chi connectivity index (χ0v) is 17.6. The average Bonchev–Trinajstić information content (AvgIpc) is 3.23.